The molecule has 0 aromatic heterocycles. The molecule has 0 spiro atoms. The molecule has 0 N–H and O–H groups in total. The SMILES string of the molecule is ClC1(c2ccccc2)C=NN(Br)C1. The summed E-state index contributed by atoms with van der Waals surface area (Å²) in [6, 6.07) is 9.94. The van der Waals surface area contributed by atoms with Gasteiger partial charge in [0.2, 0.25) is 0 Å². The Labute approximate surface area is 90.5 Å². The van der Waals surface area contributed by atoms with Crippen LogP contribution in [-0.2, 0) is 4.87 Å². The molecule has 0 fully saturated rings. The summed E-state index contributed by atoms with van der Waals surface area (Å²) in [7, 11) is 0. The Morgan fingerprint density at radius 2 is 2.08 bits per heavy atom. The number of rotatable bonds is 1. The Morgan fingerprint density at radius 3 is 2.62 bits per heavy atom. The molecule has 2 nitrogen and oxygen atoms in total. The van der Waals surface area contributed by atoms with Gasteiger partial charge in [0.1, 0.15) is 4.87 Å². The van der Waals surface area contributed by atoms with E-state index in [0.29, 0.717) is 6.54 Å². The molecule has 0 radical (unpaired) electrons. The van der Waals surface area contributed by atoms with Gasteiger partial charge in [-0.1, -0.05) is 30.3 Å². The van der Waals surface area contributed by atoms with Gasteiger partial charge in [-0.25, -0.2) is 4.03 Å². The Bertz CT molecular complexity index is 328. The molecule has 68 valence electrons. The van der Waals surface area contributed by atoms with Crippen LogP contribution in [0.3, 0.4) is 0 Å². The van der Waals surface area contributed by atoms with Crippen molar-refractivity contribution >= 4 is 34.0 Å². The van der Waals surface area contributed by atoms with Gasteiger partial charge in [0.25, 0.3) is 0 Å². The summed E-state index contributed by atoms with van der Waals surface area (Å²) >= 11 is 9.63. The first-order chi connectivity index (χ1) is 6.21. The fourth-order valence-electron chi connectivity index (χ4n) is 1.31. The lowest BCUT2D eigenvalue weighted by molar-refractivity contribution is 0.535. The third-order valence-electron chi connectivity index (χ3n) is 2.00. The third-order valence-corrected chi connectivity index (χ3v) is 2.87. The minimum atomic E-state index is -0.481. The first kappa shape index (κ1) is 9.03. The molecule has 4 heteroatoms. The van der Waals surface area contributed by atoms with Crippen LogP contribution in [-0.4, -0.2) is 16.8 Å². The highest BCUT2D eigenvalue weighted by molar-refractivity contribution is 9.07. The monoisotopic (exact) mass is 258 g/mol. The topological polar surface area (TPSA) is 15.6 Å². The van der Waals surface area contributed by atoms with Gasteiger partial charge >= 0.3 is 0 Å². The fourth-order valence-corrected chi connectivity index (χ4v) is 2.22. The van der Waals surface area contributed by atoms with Crippen LogP contribution in [0.5, 0.6) is 0 Å². The lowest BCUT2D eigenvalue weighted by Gasteiger charge is -2.18. The maximum Gasteiger partial charge on any atom is 0.126 e. The second-order valence-corrected chi connectivity index (χ2v) is 4.46. The number of benzene rings is 1. The molecule has 1 aromatic rings. The molecule has 1 aliphatic rings. The summed E-state index contributed by atoms with van der Waals surface area (Å²) in [5.41, 5.74) is 1.07. The molecule has 0 amide bonds. The van der Waals surface area contributed by atoms with Crippen molar-refractivity contribution in [3.8, 4) is 0 Å². The van der Waals surface area contributed by atoms with E-state index in [0.717, 1.165) is 5.56 Å². The summed E-state index contributed by atoms with van der Waals surface area (Å²) in [4.78, 5) is -0.481. The predicted molar refractivity (Wildman–Crippen MR) is 58.1 cm³/mol. The van der Waals surface area contributed by atoms with E-state index in [1.54, 1.807) is 10.2 Å². The van der Waals surface area contributed by atoms with Crippen molar-refractivity contribution in [1.29, 1.82) is 0 Å². The van der Waals surface area contributed by atoms with Crippen molar-refractivity contribution in [3.05, 3.63) is 35.9 Å². The average Bonchev–Trinajstić information content (AvgIpc) is 2.49. The van der Waals surface area contributed by atoms with Gasteiger partial charge in [0.05, 0.1) is 28.9 Å². The van der Waals surface area contributed by atoms with E-state index in [2.05, 4.69) is 21.2 Å². The number of halogens is 2. The lowest BCUT2D eigenvalue weighted by Crippen LogP contribution is -2.24. The summed E-state index contributed by atoms with van der Waals surface area (Å²) in [5.74, 6) is 0. The molecule has 1 aliphatic heterocycles. The highest BCUT2D eigenvalue weighted by Gasteiger charge is 2.33. The average molecular weight is 260 g/mol. The number of hydrogen-bond donors (Lipinski definition) is 0. The van der Waals surface area contributed by atoms with E-state index in [4.69, 9.17) is 11.6 Å². The molecular weight excluding hydrogens is 251 g/mol. The predicted octanol–water partition coefficient (Wildman–Crippen LogP) is 2.73. The second kappa shape index (κ2) is 3.31. The van der Waals surface area contributed by atoms with E-state index in [9.17, 15) is 0 Å². The molecule has 0 aliphatic carbocycles. The zero-order valence-corrected chi connectivity index (χ0v) is 9.16. The Morgan fingerprint density at radius 1 is 1.38 bits per heavy atom. The highest BCUT2D eigenvalue weighted by atomic mass is 79.9. The largest absolute Gasteiger partial charge is 0.228 e. The summed E-state index contributed by atoms with van der Waals surface area (Å²) in [5, 5.41) is 4.06. The van der Waals surface area contributed by atoms with Crippen LogP contribution in [0.4, 0.5) is 0 Å². The Kier molecular flexibility index (Phi) is 2.30. The van der Waals surface area contributed by atoms with Crippen LogP contribution < -0.4 is 0 Å². The lowest BCUT2D eigenvalue weighted by atomic mass is 10.0. The highest BCUT2D eigenvalue weighted by Crippen LogP contribution is 2.33. The minimum Gasteiger partial charge on any atom is -0.228 e. The van der Waals surface area contributed by atoms with Crippen molar-refractivity contribution < 1.29 is 0 Å². The van der Waals surface area contributed by atoms with Gasteiger partial charge in [0, 0.05) is 0 Å². The Hall–Kier alpha value is -0.540. The second-order valence-electron chi connectivity index (χ2n) is 2.97. The van der Waals surface area contributed by atoms with Crippen molar-refractivity contribution in [2.45, 2.75) is 4.87 Å². The molecule has 1 unspecified atom stereocenters. The zero-order chi connectivity index (χ0) is 9.31. The van der Waals surface area contributed by atoms with Crippen molar-refractivity contribution in [2.24, 2.45) is 5.10 Å². The zero-order valence-electron chi connectivity index (χ0n) is 6.82. The van der Waals surface area contributed by atoms with Crippen LogP contribution >= 0.6 is 27.7 Å². The molecule has 1 atom stereocenters. The van der Waals surface area contributed by atoms with E-state index >= 15 is 0 Å². The molecule has 0 saturated heterocycles. The van der Waals surface area contributed by atoms with Crippen LogP contribution in [0.15, 0.2) is 35.4 Å². The van der Waals surface area contributed by atoms with E-state index in [1.165, 1.54) is 0 Å². The van der Waals surface area contributed by atoms with Crippen molar-refractivity contribution in [1.82, 2.24) is 4.03 Å². The smallest absolute Gasteiger partial charge is 0.126 e. The Balaban J connectivity index is 2.32. The summed E-state index contributed by atoms with van der Waals surface area (Å²) in [6.07, 6.45) is 1.75. The van der Waals surface area contributed by atoms with Gasteiger partial charge in [-0.2, -0.15) is 5.10 Å². The maximum absolute atomic E-state index is 6.37. The first-order valence-electron chi connectivity index (χ1n) is 3.94. The van der Waals surface area contributed by atoms with Crippen LogP contribution in [0, 0.1) is 0 Å². The molecule has 1 aromatic carbocycles. The van der Waals surface area contributed by atoms with Crippen molar-refractivity contribution in [3.63, 3.8) is 0 Å². The maximum atomic E-state index is 6.37. The summed E-state index contributed by atoms with van der Waals surface area (Å²) < 4.78 is 1.66. The minimum absolute atomic E-state index is 0.481. The van der Waals surface area contributed by atoms with Gasteiger partial charge in [-0.3, -0.25) is 0 Å². The molecule has 0 bridgehead atoms. The quantitative estimate of drug-likeness (QED) is 0.559. The van der Waals surface area contributed by atoms with Crippen molar-refractivity contribution in [2.75, 3.05) is 6.54 Å². The standard InChI is InChI=1S/C9H8BrClN2/c10-13-7-9(11,6-12-13)8-4-2-1-3-5-8/h1-6H,7H2. The molecule has 13 heavy (non-hydrogen) atoms. The first-order valence-corrected chi connectivity index (χ1v) is 5.02. The van der Waals surface area contributed by atoms with Gasteiger partial charge < -0.3 is 0 Å². The molecule has 1 heterocycles. The number of hydrazone groups is 1. The fraction of sp³-hybridized carbons (Fsp3) is 0.222. The van der Waals surface area contributed by atoms with Crippen LogP contribution in [0.2, 0.25) is 0 Å². The van der Waals surface area contributed by atoms with E-state index in [1.807, 2.05) is 30.3 Å². The number of nitrogens with zero attached hydrogens (tertiary/aromatic N) is 2. The van der Waals surface area contributed by atoms with E-state index in [-0.39, 0.29) is 0 Å². The van der Waals surface area contributed by atoms with Gasteiger partial charge in [-0.15, -0.1) is 11.6 Å². The summed E-state index contributed by atoms with van der Waals surface area (Å²) in [6.45, 7) is 0.651. The van der Waals surface area contributed by atoms with E-state index < -0.39 is 4.87 Å². The third kappa shape index (κ3) is 1.71. The molecule has 2 rings (SSSR count). The number of alkyl halides is 1. The number of hydrogen-bond acceptors (Lipinski definition) is 2. The van der Waals surface area contributed by atoms with Crippen LogP contribution in [0.1, 0.15) is 5.56 Å². The normalized spacial score (nSPS) is 26.8. The van der Waals surface area contributed by atoms with Crippen LogP contribution in [0.25, 0.3) is 0 Å². The van der Waals surface area contributed by atoms with Gasteiger partial charge in [0.15, 0.2) is 0 Å². The molecule has 0 saturated carbocycles. The van der Waals surface area contributed by atoms with Gasteiger partial charge in [-0.05, 0) is 5.56 Å². The molecular formula is C9H8BrClN2.